The van der Waals surface area contributed by atoms with Gasteiger partial charge < -0.3 is 20.1 Å². The van der Waals surface area contributed by atoms with Gasteiger partial charge in [-0.15, -0.1) is 10.2 Å². The molecule has 0 saturated heterocycles. The van der Waals surface area contributed by atoms with Crippen LogP contribution in [0, 0.1) is 0 Å². The highest BCUT2D eigenvalue weighted by Crippen LogP contribution is 2.34. The normalized spacial score (nSPS) is 11.9. The van der Waals surface area contributed by atoms with Crippen LogP contribution < -0.4 is 20.1 Å². The number of benzene rings is 2. The molecule has 0 unspecified atom stereocenters. The lowest BCUT2D eigenvalue weighted by molar-refractivity contribution is -0.115. The van der Waals surface area contributed by atoms with Crippen LogP contribution in [0.25, 0.3) is 0 Å². The minimum Gasteiger partial charge on any atom is -0.454 e. The van der Waals surface area contributed by atoms with Crippen molar-refractivity contribution in [1.82, 2.24) is 10.2 Å². The Kier molecular flexibility index (Phi) is 5.92. The van der Waals surface area contributed by atoms with Gasteiger partial charge in [0, 0.05) is 11.8 Å². The molecule has 1 aromatic heterocycles. The van der Waals surface area contributed by atoms with Crippen molar-refractivity contribution in [3.05, 3.63) is 54.1 Å². The lowest BCUT2D eigenvalue weighted by atomic mass is 10.1. The van der Waals surface area contributed by atoms with Gasteiger partial charge in [0.25, 0.3) is 0 Å². The van der Waals surface area contributed by atoms with Crippen molar-refractivity contribution >= 4 is 45.7 Å². The summed E-state index contributed by atoms with van der Waals surface area (Å²) in [4.78, 5) is 24.2. The Morgan fingerprint density at radius 3 is 2.69 bits per heavy atom. The molecule has 1 aliphatic rings. The Hall–Kier alpha value is -3.11. The number of carbonyl (C=O) groups excluding carboxylic acids is 2. The molecule has 0 fully saturated rings. The molecule has 10 heteroatoms. The average molecular weight is 428 g/mol. The molecule has 0 aliphatic carbocycles. The fraction of sp³-hybridized carbons (Fsp3) is 0.158. The van der Waals surface area contributed by atoms with Gasteiger partial charge in [0.05, 0.1) is 12.2 Å². The lowest BCUT2D eigenvalue weighted by Gasteiger charge is -2.05. The summed E-state index contributed by atoms with van der Waals surface area (Å²) < 4.78 is 11.1. The third-order valence-corrected chi connectivity index (χ3v) is 5.82. The molecule has 0 radical (unpaired) electrons. The second kappa shape index (κ2) is 8.93. The number of nitrogens with one attached hydrogen (secondary N) is 2. The van der Waals surface area contributed by atoms with Crippen molar-refractivity contribution in [3.63, 3.8) is 0 Å². The minimum atomic E-state index is -0.182. The van der Waals surface area contributed by atoms with Crippen molar-refractivity contribution in [3.8, 4) is 11.5 Å². The van der Waals surface area contributed by atoms with Crippen molar-refractivity contribution in [2.24, 2.45) is 0 Å². The van der Waals surface area contributed by atoms with Crippen molar-refractivity contribution in [1.29, 1.82) is 0 Å². The predicted octanol–water partition coefficient (Wildman–Crippen LogP) is 3.18. The van der Waals surface area contributed by atoms with Crippen LogP contribution in [-0.4, -0.2) is 34.6 Å². The number of nitrogens with zero attached hydrogens (tertiary/aromatic N) is 2. The van der Waals surface area contributed by atoms with E-state index in [0.29, 0.717) is 26.7 Å². The molecule has 8 nitrogen and oxygen atoms in total. The summed E-state index contributed by atoms with van der Waals surface area (Å²) in [7, 11) is 0. The highest BCUT2D eigenvalue weighted by molar-refractivity contribution is 8.01. The predicted molar refractivity (Wildman–Crippen MR) is 111 cm³/mol. The van der Waals surface area contributed by atoms with Gasteiger partial charge in [0.2, 0.25) is 23.7 Å². The Balaban J connectivity index is 1.24. The van der Waals surface area contributed by atoms with Gasteiger partial charge in [-0.25, -0.2) is 0 Å². The highest BCUT2D eigenvalue weighted by atomic mass is 32.2. The third-order valence-electron chi connectivity index (χ3n) is 3.84. The molecule has 0 bridgehead atoms. The maximum absolute atomic E-state index is 12.2. The Bertz CT molecular complexity index is 1030. The number of hydrogen-bond donors (Lipinski definition) is 2. The number of hydrogen-bond acceptors (Lipinski definition) is 8. The standard InChI is InChI=1S/C19H16N4O4S2/c24-16(8-12-4-2-1-3-5-12)21-18-22-23-19(29-18)28-10-17(25)20-13-6-7-14-15(9-13)27-11-26-14/h1-7,9H,8,10-11H2,(H,20,25)(H,21,22,24). The first-order valence-corrected chi connectivity index (χ1v) is 10.5. The topological polar surface area (TPSA) is 102 Å². The summed E-state index contributed by atoms with van der Waals surface area (Å²) in [5, 5.41) is 13.9. The second-order valence-corrected chi connectivity index (χ2v) is 8.19. The van der Waals surface area contributed by atoms with E-state index in [0.717, 1.165) is 5.56 Å². The molecule has 2 aromatic carbocycles. The van der Waals surface area contributed by atoms with Gasteiger partial charge in [0.1, 0.15) is 0 Å². The molecule has 0 saturated carbocycles. The first-order chi connectivity index (χ1) is 14.2. The van der Waals surface area contributed by atoms with E-state index in [1.54, 1.807) is 18.2 Å². The SMILES string of the molecule is O=C(CSc1nnc(NC(=O)Cc2ccccc2)s1)Nc1ccc2c(c1)OCO2. The Morgan fingerprint density at radius 1 is 1.00 bits per heavy atom. The molecular formula is C19H16N4O4S2. The van der Waals surface area contributed by atoms with E-state index in [-0.39, 0.29) is 30.8 Å². The van der Waals surface area contributed by atoms with Crippen LogP contribution in [0.15, 0.2) is 52.9 Å². The summed E-state index contributed by atoms with van der Waals surface area (Å²) >= 11 is 2.48. The number of amides is 2. The van der Waals surface area contributed by atoms with Gasteiger partial charge in [-0.2, -0.15) is 0 Å². The fourth-order valence-electron chi connectivity index (χ4n) is 2.56. The molecule has 1 aliphatic heterocycles. The number of carbonyl (C=O) groups is 2. The summed E-state index contributed by atoms with van der Waals surface area (Å²) in [5.41, 5.74) is 1.55. The molecule has 2 N–H and O–H groups in total. The summed E-state index contributed by atoms with van der Waals surface area (Å²) in [6.45, 7) is 0.184. The van der Waals surface area contributed by atoms with Crippen molar-refractivity contribution in [2.75, 3.05) is 23.2 Å². The summed E-state index contributed by atoms with van der Waals surface area (Å²) in [6.07, 6.45) is 0.265. The van der Waals surface area contributed by atoms with Crippen LogP contribution in [0.1, 0.15) is 5.56 Å². The monoisotopic (exact) mass is 428 g/mol. The molecule has 4 rings (SSSR count). The van der Waals surface area contributed by atoms with E-state index in [2.05, 4.69) is 20.8 Å². The van der Waals surface area contributed by atoms with Gasteiger partial charge >= 0.3 is 0 Å². The number of aromatic nitrogens is 2. The van der Waals surface area contributed by atoms with E-state index in [1.165, 1.54) is 23.1 Å². The maximum Gasteiger partial charge on any atom is 0.234 e. The number of fused-ring (bicyclic) bond motifs is 1. The van der Waals surface area contributed by atoms with Crippen molar-refractivity contribution < 1.29 is 19.1 Å². The van der Waals surface area contributed by atoms with Crippen LogP contribution in [0.5, 0.6) is 11.5 Å². The number of thioether (sulfide) groups is 1. The number of ether oxygens (including phenoxy) is 2. The van der Waals surface area contributed by atoms with Gasteiger partial charge in [-0.05, 0) is 17.7 Å². The maximum atomic E-state index is 12.2. The summed E-state index contributed by atoms with van der Waals surface area (Å²) in [5.74, 6) is 1.09. The largest absolute Gasteiger partial charge is 0.454 e. The zero-order chi connectivity index (χ0) is 20.1. The second-order valence-electron chi connectivity index (χ2n) is 5.99. The minimum absolute atomic E-state index is 0.163. The molecule has 0 atom stereocenters. The zero-order valence-corrected chi connectivity index (χ0v) is 16.7. The van der Waals surface area contributed by atoms with Crippen LogP contribution >= 0.6 is 23.1 Å². The first kappa shape index (κ1) is 19.2. The molecule has 29 heavy (non-hydrogen) atoms. The van der Waals surface area contributed by atoms with E-state index in [1.807, 2.05) is 30.3 Å². The van der Waals surface area contributed by atoms with Gasteiger partial charge in [-0.3, -0.25) is 9.59 Å². The van der Waals surface area contributed by atoms with Crippen LogP contribution in [0.2, 0.25) is 0 Å². The molecule has 0 spiro atoms. The van der Waals surface area contributed by atoms with Gasteiger partial charge in [0.15, 0.2) is 15.8 Å². The van der Waals surface area contributed by atoms with E-state index in [9.17, 15) is 9.59 Å². The molecule has 148 valence electrons. The quantitative estimate of drug-likeness (QED) is 0.440. The Labute approximate surface area is 174 Å². The smallest absolute Gasteiger partial charge is 0.234 e. The summed E-state index contributed by atoms with van der Waals surface area (Å²) in [6, 6.07) is 14.7. The molecule has 3 aromatic rings. The van der Waals surface area contributed by atoms with Crippen LogP contribution in [0.4, 0.5) is 10.8 Å². The van der Waals surface area contributed by atoms with Crippen molar-refractivity contribution in [2.45, 2.75) is 10.8 Å². The van der Waals surface area contributed by atoms with E-state index < -0.39 is 0 Å². The lowest BCUT2D eigenvalue weighted by Crippen LogP contribution is -2.14. The van der Waals surface area contributed by atoms with E-state index >= 15 is 0 Å². The first-order valence-electron chi connectivity index (χ1n) is 8.65. The Morgan fingerprint density at radius 2 is 1.83 bits per heavy atom. The van der Waals surface area contributed by atoms with E-state index in [4.69, 9.17) is 9.47 Å². The third kappa shape index (κ3) is 5.24. The molecule has 2 heterocycles. The number of rotatable bonds is 7. The zero-order valence-electron chi connectivity index (χ0n) is 15.1. The van der Waals surface area contributed by atoms with Crippen LogP contribution in [-0.2, 0) is 16.0 Å². The fourth-order valence-corrected chi connectivity index (χ4v) is 4.13. The van der Waals surface area contributed by atoms with Gasteiger partial charge in [-0.1, -0.05) is 53.4 Å². The molecular weight excluding hydrogens is 412 g/mol. The average Bonchev–Trinajstić information content (AvgIpc) is 3.36. The molecule has 2 amide bonds. The number of anilines is 2. The highest BCUT2D eigenvalue weighted by Gasteiger charge is 2.15. The van der Waals surface area contributed by atoms with Crippen LogP contribution in [0.3, 0.4) is 0 Å².